The number of aromatic nitrogens is 2. The van der Waals surface area contributed by atoms with Crippen molar-refractivity contribution in [2.24, 2.45) is 0 Å². The van der Waals surface area contributed by atoms with Gasteiger partial charge < -0.3 is 15.0 Å². The second-order valence-corrected chi connectivity index (χ2v) is 6.75. The van der Waals surface area contributed by atoms with Gasteiger partial charge in [0.25, 0.3) is 0 Å². The van der Waals surface area contributed by atoms with Crippen molar-refractivity contribution in [3.05, 3.63) is 40.9 Å². The van der Waals surface area contributed by atoms with Crippen LogP contribution in [0.5, 0.6) is 5.75 Å². The number of hydrogen-bond donors (Lipinski definition) is 1. The van der Waals surface area contributed by atoms with Crippen LogP contribution < -0.4 is 10.1 Å². The summed E-state index contributed by atoms with van der Waals surface area (Å²) in [5, 5.41) is 7.06. The lowest BCUT2D eigenvalue weighted by molar-refractivity contribution is 0.157. The molecule has 1 aliphatic heterocycles. The average Bonchev–Trinajstić information content (AvgIpc) is 2.91. The summed E-state index contributed by atoms with van der Waals surface area (Å²) in [6.45, 7) is 6.79. The molecule has 25 heavy (non-hydrogen) atoms. The summed E-state index contributed by atoms with van der Waals surface area (Å²) < 4.78 is 20.9. The maximum Gasteiger partial charge on any atom is 0.322 e. The molecule has 0 saturated carbocycles. The Balaban J connectivity index is 1.77. The first kappa shape index (κ1) is 17.5. The second-order valence-electron chi connectivity index (χ2n) is 6.34. The summed E-state index contributed by atoms with van der Waals surface area (Å²) in [5.41, 5.74) is 1.31. The van der Waals surface area contributed by atoms with E-state index in [4.69, 9.17) is 16.3 Å². The highest BCUT2D eigenvalue weighted by Crippen LogP contribution is 2.27. The SMILES string of the molecule is CC(C)Oc1cnn2c1CN(C(=O)Nc1ccc(F)c(Cl)c1)C(C)C2. The number of rotatable bonds is 3. The quantitative estimate of drug-likeness (QED) is 0.896. The highest BCUT2D eigenvalue weighted by atomic mass is 35.5. The van der Waals surface area contributed by atoms with Gasteiger partial charge in [-0.05, 0) is 39.0 Å². The molecule has 134 valence electrons. The highest BCUT2D eigenvalue weighted by molar-refractivity contribution is 6.31. The number of benzene rings is 1. The van der Waals surface area contributed by atoms with Gasteiger partial charge in [0.05, 0.1) is 42.1 Å². The average molecular weight is 367 g/mol. The summed E-state index contributed by atoms with van der Waals surface area (Å²) >= 11 is 5.77. The molecule has 1 N–H and O–H groups in total. The van der Waals surface area contributed by atoms with Gasteiger partial charge in [-0.15, -0.1) is 0 Å². The number of amides is 2. The van der Waals surface area contributed by atoms with Crippen molar-refractivity contribution in [2.45, 2.75) is 46.0 Å². The van der Waals surface area contributed by atoms with Gasteiger partial charge in [0, 0.05) is 5.69 Å². The smallest absolute Gasteiger partial charge is 0.322 e. The Morgan fingerprint density at radius 3 is 2.92 bits per heavy atom. The van der Waals surface area contributed by atoms with E-state index in [9.17, 15) is 9.18 Å². The van der Waals surface area contributed by atoms with Crippen molar-refractivity contribution >= 4 is 23.3 Å². The fraction of sp³-hybridized carbons (Fsp3) is 0.412. The molecule has 1 aliphatic rings. The summed E-state index contributed by atoms with van der Waals surface area (Å²) in [6.07, 6.45) is 1.71. The Kier molecular flexibility index (Phi) is 4.85. The molecule has 0 bridgehead atoms. The Labute approximate surface area is 150 Å². The van der Waals surface area contributed by atoms with E-state index in [0.717, 1.165) is 5.69 Å². The van der Waals surface area contributed by atoms with Crippen LogP contribution in [0.25, 0.3) is 0 Å². The van der Waals surface area contributed by atoms with Crippen molar-refractivity contribution < 1.29 is 13.9 Å². The van der Waals surface area contributed by atoms with E-state index in [2.05, 4.69) is 10.4 Å². The predicted molar refractivity (Wildman–Crippen MR) is 93.4 cm³/mol. The van der Waals surface area contributed by atoms with Crippen LogP contribution in [-0.4, -0.2) is 32.9 Å². The van der Waals surface area contributed by atoms with E-state index in [1.807, 2.05) is 25.5 Å². The van der Waals surface area contributed by atoms with Gasteiger partial charge in [-0.1, -0.05) is 11.6 Å². The molecule has 2 heterocycles. The molecular weight excluding hydrogens is 347 g/mol. The predicted octanol–water partition coefficient (Wildman–Crippen LogP) is 3.90. The maximum atomic E-state index is 13.3. The molecule has 2 amide bonds. The number of ether oxygens (including phenoxy) is 1. The number of nitrogens with one attached hydrogen (secondary N) is 1. The fourth-order valence-electron chi connectivity index (χ4n) is 2.77. The molecule has 1 aromatic heterocycles. The first-order chi connectivity index (χ1) is 11.8. The van der Waals surface area contributed by atoms with Gasteiger partial charge in [-0.2, -0.15) is 5.10 Å². The number of hydrogen-bond acceptors (Lipinski definition) is 3. The molecule has 1 unspecified atom stereocenters. The van der Waals surface area contributed by atoms with Gasteiger partial charge in [0.1, 0.15) is 5.82 Å². The molecule has 0 saturated heterocycles. The van der Waals surface area contributed by atoms with Crippen LogP contribution in [0.15, 0.2) is 24.4 Å². The van der Waals surface area contributed by atoms with Crippen LogP contribution in [0.1, 0.15) is 26.5 Å². The number of halogens is 2. The van der Waals surface area contributed by atoms with Gasteiger partial charge >= 0.3 is 6.03 Å². The number of fused-ring (bicyclic) bond motifs is 1. The highest BCUT2D eigenvalue weighted by Gasteiger charge is 2.30. The number of carbonyl (C=O) groups excluding carboxylic acids is 1. The molecule has 3 rings (SSSR count). The topological polar surface area (TPSA) is 59.4 Å². The van der Waals surface area contributed by atoms with Crippen molar-refractivity contribution in [1.29, 1.82) is 0 Å². The van der Waals surface area contributed by atoms with Gasteiger partial charge in [0.2, 0.25) is 0 Å². The zero-order valence-electron chi connectivity index (χ0n) is 14.3. The first-order valence-electron chi connectivity index (χ1n) is 8.09. The van der Waals surface area contributed by atoms with Crippen LogP contribution in [0.3, 0.4) is 0 Å². The third-order valence-electron chi connectivity index (χ3n) is 3.99. The van der Waals surface area contributed by atoms with Crippen molar-refractivity contribution in [2.75, 3.05) is 5.32 Å². The first-order valence-corrected chi connectivity index (χ1v) is 8.47. The van der Waals surface area contributed by atoms with Crippen LogP contribution in [0.4, 0.5) is 14.9 Å². The normalized spacial score (nSPS) is 16.7. The molecule has 1 aromatic carbocycles. The fourth-order valence-corrected chi connectivity index (χ4v) is 2.95. The molecule has 6 nitrogen and oxygen atoms in total. The van der Waals surface area contributed by atoms with Gasteiger partial charge in [-0.25, -0.2) is 9.18 Å². The summed E-state index contributed by atoms with van der Waals surface area (Å²) in [6, 6.07) is 3.77. The van der Waals surface area contributed by atoms with Crippen molar-refractivity contribution in [1.82, 2.24) is 14.7 Å². The zero-order chi connectivity index (χ0) is 18.1. The third-order valence-corrected chi connectivity index (χ3v) is 4.28. The molecule has 0 aliphatic carbocycles. The van der Waals surface area contributed by atoms with Crippen LogP contribution in [0.2, 0.25) is 5.02 Å². The molecule has 2 aromatic rings. The minimum absolute atomic E-state index is 0.0249. The lowest BCUT2D eigenvalue weighted by Crippen LogP contribution is -2.46. The molecule has 0 radical (unpaired) electrons. The summed E-state index contributed by atoms with van der Waals surface area (Å²) in [5.74, 6) is 0.162. The number of anilines is 1. The largest absolute Gasteiger partial charge is 0.487 e. The van der Waals surface area contributed by atoms with E-state index in [0.29, 0.717) is 24.5 Å². The molecular formula is C17H20ClFN4O2. The van der Waals surface area contributed by atoms with Crippen molar-refractivity contribution in [3.8, 4) is 5.75 Å². The number of nitrogens with zero attached hydrogens (tertiary/aromatic N) is 3. The van der Waals surface area contributed by atoms with Crippen LogP contribution >= 0.6 is 11.6 Å². The molecule has 8 heteroatoms. The van der Waals surface area contributed by atoms with Crippen LogP contribution in [0, 0.1) is 5.82 Å². The Hall–Kier alpha value is -2.28. The zero-order valence-corrected chi connectivity index (χ0v) is 15.0. The lowest BCUT2D eigenvalue weighted by atomic mass is 10.2. The lowest BCUT2D eigenvalue weighted by Gasteiger charge is -2.34. The van der Waals surface area contributed by atoms with E-state index in [-0.39, 0.29) is 23.2 Å². The number of carbonyl (C=O) groups is 1. The Morgan fingerprint density at radius 2 is 2.24 bits per heavy atom. The standard InChI is InChI=1S/C17H20ClFN4O2/c1-10(2)25-16-7-20-23-8-11(3)22(9-15(16)23)17(24)21-12-4-5-14(19)13(18)6-12/h4-7,10-11H,8-9H2,1-3H3,(H,21,24). The summed E-state index contributed by atoms with van der Waals surface area (Å²) in [7, 11) is 0. The molecule has 0 fully saturated rings. The van der Waals surface area contributed by atoms with E-state index in [1.54, 1.807) is 11.1 Å². The van der Waals surface area contributed by atoms with Crippen LogP contribution in [-0.2, 0) is 13.1 Å². The third kappa shape index (κ3) is 3.71. The van der Waals surface area contributed by atoms with Gasteiger partial charge in [-0.3, -0.25) is 4.68 Å². The minimum atomic E-state index is -0.523. The maximum absolute atomic E-state index is 13.3. The van der Waals surface area contributed by atoms with E-state index < -0.39 is 5.82 Å². The number of urea groups is 1. The molecule has 1 atom stereocenters. The van der Waals surface area contributed by atoms with E-state index in [1.165, 1.54) is 18.2 Å². The second kappa shape index (κ2) is 6.92. The van der Waals surface area contributed by atoms with Gasteiger partial charge in [0.15, 0.2) is 5.75 Å². The minimum Gasteiger partial charge on any atom is -0.487 e. The Morgan fingerprint density at radius 1 is 1.48 bits per heavy atom. The van der Waals surface area contributed by atoms with E-state index >= 15 is 0 Å². The van der Waals surface area contributed by atoms with Crippen molar-refractivity contribution in [3.63, 3.8) is 0 Å². The Bertz CT molecular complexity index is 793. The monoisotopic (exact) mass is 366 g/mol. The summed E-state index contributed by atoms with van der Waals surface area (Å²) in [4.78, 5) is 14.3. The molecule has 0 spiro atoms.